The summed E-state index contributed by atoms with van der Waals surface area (Å²) in [6.45, 7) is 0.874. The Kier molecular flexibility index (Phi) is 8.22. The van der Waals surface area contributed by atoms with E-state index in [1.54, 1.807) is 0 Å². The quantitative estimate of drug-likeness (QED) is 0.184. The summed E-state index contributed by atoms with van der Waals surface area (Å²) < 4.78 is 17.7. The van der Waals surface area contributed by atoms with Crippen LogP contribution in [-0.2, 0) is 14.3 Å². The molecular weight excluding hydrogens is 496 g/mol. The lowest BCUT2D eigenvalue weighted by Gasteiger charge is -2.16. The normalized spacial score (nSPS) is 11.8. The topological polar surface area (TPSA) is 70.5 Å². The average Bonchev–Trinajstić information content (AvgIpc) is 2.88. The van der Waals surface area contributed by atoms with Crippen molar-refractivity contribution >= 4 is 32.8 Å². The lowest BCUT2D eigenvalue weighted by Crippen LogP contribution is -2.18. The largest absolute Gasteiger partial charge is 0.477 e. The maximum Gasteiger partial charge on any atom is 0.339 e. The van der Waals surface area contributed by atoms with Gasteiger partial charge in [-0.2, -0.15) is 4.98 Å². The molecule has 0 aliphatic heterocycles. The zero-order valence-electron chi connectivity index (χ0n) is 18.8. The number of halogens is 1. The van der Waals surface area contributed by atoms with Crippen LogP contribution in [0.3, 0.4) is 0 Å². The molecule has 0 saturated heterocycles. The van der Waals surface area contributed by atoms with E-state index in [0.29, 0.717) is 24.9 Å². The molecule has 0 saturated carbocycles. The Morgan fingerprint density at radius 2 is 1.59 bits per heavy atom. The first-order valence-electron chi connectivity index (χ1n) is 11.1. The predicted molar refractivity (Wildman–Crippen MR) is 135 cm³/mol. The molecule has 1 unspecified atom stereocenters. The summed E-state index contributed by atoms with van der Waals surface area (Å²) in [5.41, 5.74) is 2.50. The summed E-state index contributed by atoms with van der Waals surface area (Å²) in [5.74, 6) is 0.747. The fraction of sp³-hybridized carbons (Fsp3) is 0.222. The monoisotopic (exact) mass is 520 g/mol. The van der Waals surface area contributed by atoms with Crippen LogP contribution in [0.25, 0.3) is 22.3 Å². The molecule has 0 bridgehead atoms. The Hall–Kier alpha value is -3.29. The number of nitrogens with zero attached hydrogens (tertiary/aromatic N) is 2. The highest BCUT2D eigenvalue weighted by Crippen LogP contribution is 2.30. The van der Waals surface area contributed by atoms with Crippen molar-refractivity contribution in [3.05, 3.63) is 88.9 Å². The van der Waals surface area contributed by atoms with Crippen molar-refractivity contribution in [1.29, 1.82) is 0 Å². The summed E-state index contributed by atoms with van der Waals surface area (Å²) >= 11 is 3.58. The van der Waals surface area contributed by atoms with E-state index in [1.165, 1.54) is 7.11 Å². The third-order valence-corrected chi connectivity index (χ3v) is 5.95. The lowest BCUT2D eigenvalue weighted by atomic mass is 10.1. The van der Waals surface area contributed by atoms with E-state index in [1.807, 2.05) is 78.9 Å². The number of unbranched alkanes of at least 4 members (excludes halogenated alkanes) is 1. The minimum absolute atomic E-state index is 0.407. The van der Waals surface area contributed by atoms with Gasteiger partial charge in [-0.25, -0.2) is 9.78 Å². The van der Waals surface area contributed by atoms with Gasteiger partial charge in [-0.1, -0.05) is 76.6 Å². The molecule has 4 rings (SSSR count). The molecule has 0 N–H and O–H groups in total. The number of ether oxygens (including phenoxy) is 3. The van der Waals surface area contributed by atoms with Gasteiger partial charge in [0.25, 0.3) is 0 Å². The number of esters is 1. The van der Waals surface area contributed by atoms with Crippen LogP contribution in [0.1, 0.15) is 24.5 Å². The van der Waals surface area contributed by atoms with Crippen LogP contribution in [0.5, 0.6) is 5.88 Å². The second-order valence-electron chi connectivity index (χ2n) is 7.59. The van der Waals surface area contributed by atoms with Gasteiger partial charge in [0, 0.05) is 16.6 Å². The number of carbonyl (C=O) groups excluding carboxylic acids is 1. The Morgan fingerprint density at radius 1 is 0.882 bits per heavy atom. The predicted octanol–water partition coefficient (Wildman–Crippen LogP) is 6.15. The van der Waals surface area contributed by atoms with E-state index in [2.05, 4.69) is 15.9 Å². The van der Waals surface area contributed by atoms with Gasteiger partial charge >= 0.3 is 5.97 Å². The third-order valence-electron chi connectivity index (χ3n) is 5.26. The molecule has 0 amide bonds. The van der Waals surface area contributed by atoms with E-state index < -0.39 is 12.1 Å². The smallest absolute Gasteiger partial charge is 0.339 e. The minimum Gasteiger partial charge on any atom is -0.477 e. The first kappa shape index (κ1) is 23.9. The van der Waals surface area contributed by atoms with Crippen LogP contribution in [-0.4, -0.2) is 36.3 Å². The number of hydrogen-bond donors (Lipinski definition) is 0. The molecule has 1 aromatic heterocycles. The second kappa shape index (κ2) is 11.7. The van der Waals surface area contributed by atoms with Crippen molar-refractivity contribution in [2.75, 3.05) is 20.3 Å². The summed E-state index contributed by atoms with van der Waals surface area (Å²) in [6.07, 6.45) is 0.732. The zero-order valence-corrected chi connectivity index (χ0v) is 20.4. The standard InChI is InChI=1S/C27H25BrN2O4/c1-32-27(31)24(19-11-3-2-4-12-19)33-17-9-10-18-34-26-21-14-6-8-16-23(21)29-25(30-26)20-13-5-7-15-22(20)28/h2-8,11-16,24H,9-10,17-18H2,1H3. The number of carbonyl (C=O) groups is 1. The lowest BCUT2D eigenvalue weighted by molar-refractivity contribution is -0.154. The van der Waals surface area contributed by atoms with Crippen molar-refractivity contribution in [3.63, 3.8) is 0 Å². The van der Waals surface area contributed by atoms with Gasteiger partial charge in [0.15, 0.2) is 11.9 Å². The minimum atomic E-state index is -0.732. The van der Waals surface area contributed by atoms with Gasteiger partial charge in [-0.3, -0.25) is 0 Å². The van der Waals surface area contributed by atoms with Crippen molar-refractivity contribution in [3.8, 4) is 17.3 Å². The van der Waals surface area contributed by atoms with Crippen molar-refractivity contribution < 1.29 is 19.0 Å². The Labute approximate surface area is 207 Å². The first-order chi connectivity index (χ1) is 16.7. The van der Waals surface area contributed by atoms with Crippen molar-refractivity contribution in [2.45, 2.75) is 18.9 Å². The van der Waals surface area contributed by atoms with Crippen LogP contribution in [0.4, 0.5) is 0 Å². The number of methoxy groups -OCH3 is 1. The summed E-state index contributed by atoms with van der Waals surface area (Å²) in [6, 6.07) is 25.0. The SMILES string of the molecule is COC(=O)C(OCCCCOc1nc(-c2ccccc2Br)nc2ccccc12)c1ccccc1. The highest BCUT2D eigenvalue weighted by Gasteiger charge is 2.21. The fourth-order valence-corrected chi connectivity index (χ4v) is 3.99. The van der Waals surface area contributed by atoms with E-state index in [9.17, 15) is 4.79 Å². The fourth-order valence-electron chi connectivity index (χ4n) is 3.53. The Morgan fingerprint density at radius 3 is 2.38 bits per heavy atom. The zero-order chi connectivity index (χ0) is 23.8. The van der Waals surface area contributed by atoms with E-state index in [-0.39, 0.29) is 0 Å². The highest BCUT2D eigenvalue weighted by atomic mass is 79.9. The molecule has 0 aliphatic carbocycles. The molecule has 1 heterocycles. The van der Waals surface area contributed by atoms with Crippen LogP contribution in [0, 0.1) is 0 Å². The molecule has 0 spiro atoms. The van der Waals surface area contributed by atoms with Crippen LogP contribution >= 0.6 is 15.9 Å². The molecule has 174 valence electrons. The number of para-hydroxylation sites is 1. The van der Waals surface area contributed by atoms with Crippen LogP contribution in [0.2, 0.25) is 0 Å². The molecule has 0 aliphatic rings. The molecule has 1 atom stereocenters. The number of hydrogen-bond acceptors (Lipinski definition) is 6. The summed E-state index contributed by atoms with van der Waals surface area (Å²) in [5, 5.41) is 0.865. The molecule has 4 aromatic rings. The summed E-state index contributed by atoms with van der Waals surface area (Å²) in [4.78, 5) is 21.5. The first-order valence-corrected chi connectivity index (χ1v) is 11.9. The molecule has 34 heavy (non-hydrogen) atoms. The summed E-state index contributed by atoms with van der Waals surface area (Å²) in [7, 11) is 1.36. The number of rotatable bonds is 10. The van der Waals surface area contributed by atoms with Gasteiger partial charge in [0.2, 0.25) is 5.88 Å². The number of fused-ring (bicyclic) bond motifs is 1. The van der Waals surface area contributed by atoms with Gasteiger partial charge in [-0.05, 0) is 36.6 Å². The maximum atomic E-state index is 12.1. The molecule has 6 nitrogen and oxygen atoms in total. The number of aromatic nitrogens is 2. The molecular formula is C27H25BrN2O4. The number of benzene rings is 3. The van der Waals surface area contributed by atoms with Gasteiger partial charge < -0.3 is 14.2 Å². The molecule has 3 aromatic carbocycles. The van der Waals surface area contributed by atoms with E-state index in [4.69, 9.17) is 24.2 Å². The van der Waals surface area contributed by atoms with Crippen LogP contribution in [0.15, 0.2) is 83.3 Å². The van der Waals surface area contributed by atoms with Crippen molar-refractivity contribution in [1.82, 2.24) is 9.97 Å². The average molecular weight is 521 g/mol. The van der Waals surface area contributed by atoms with Crippen molar-refractivity contribution in [2.24, 2.45) is 0 Å². The van der Waals surface area contributed by atoms with Gasteiger partial charge in [-0.15, -0.1) is 0 Å². The third kappa shape index (κ3) is 5.79. The van der Waals surface area contributed by atoms with Crippen LogP contribution < -0.4 is 4.74 Å². The molecule has 0 radical (unpaired) electrons. The van der Waals surface area contributed by atoms with Gasteiger partial charge in [0.05, 0.1) is 24.6 Å². The maximum absolute atomic E-state index is 12.1. The highest BCUT2D eigenvalue weighted by molar-refractivity contribution is 9.10. The molecule has 7 heteroatoms. The van der Waals surface area contributed by atoms with Gasteiger partial charge in [0.1, 0.15) is 0 Å². The van der Waals surface area contributed by atoms with E-state index in [0.717, 1.165) is 39.3 Å². The molecule has 0 fully saturated rings. The van der Waals surface area contributed by atoms with E-state index >= 15 is 0 Å². The Balaban J connectivity index is 1.38. The second-order valence-corrected chi connectivity index (χ2v) is 8.44. The Bertz CT molecular complexity index is 1250.